The minimum atomic E-state index is 0.00798. The Morgan fingerprint density at radius 2 is 1.90 bits per heavy atom. The zero-order chi connectivity index (χ0) is 14.1. The van der Waals surface area contributed by atoms with Crippen LogP contribution in [0.1, 0.15) is 12.0 Å². The number of nitrogens with zero attached hydrogens (tertiary/aromatic N) is 2. The lowest BCUT2D eigenvalue weighted by Crippen LogP contribution is -2.27. The molecule has 0 fully saturated rings. The third-order valence-corrected chi connectivity index (χ3v) is 3.59. The summed E-state index contributed by atoms with van der Waals surface area (Å²) in [6.45, 7) is 0. The molecule has 1 aliphatic rings. The molecule has 3 rings (SSSR count). The van der Waals surface area contributed by atoms with Crippen molar-refractivity contribution in [2.75, 3.05) is 11.9 Å². The number of halogens is 1. The predicted octanol–water partition coefficient (Wildman–Crippen LogP) is 3.83. The van der Waals surface area contributed by atoms with Gasteiger partial charge in [-0.05, 0) is 23.8 Å². The Kier molecular flexibility index (Phi) is 3.28. The molecule has 0 saturated heterocycles. The van der Waals surface area contributed by atoms with Crippen molar-refractivity contribution in [1.82, 2.24) is 0 Å². The van der Waals surface area contributed by atoms with Crippen LogP contribution in [0.3, 0.4) is 0 Å². The Morgan fingerprint density at radius 1 is 1.15 bits per heavy atom. The Balaban J connectivity index is 2.15. The van der Waals surface area contributed by atoms with Gasteiger partial charge in [-0.15, -0.1) is 0 Å². The van der Waals surface area contributed by atoms with Gasteiger partial charge in [0.15, 0.2) is 0 Å². The third-order valence-electron chi connectivity index (χ3n) is 3.35. The van der Waals surface area contributed by atoms with Crippen molar-refractivity contribution in [3.8, 4) is 0 Å². The first kappa shape index (κ1) is 12.9. The number of benzene rings is 2. The van der Waals surface area contributed by atoms with Crippen LogP contribution in [0.4, 0.5) is 11.4 Å². The Bertz CT molecular complexity index is 695. The molecule has 0 saturated carbocycles. The number of aliphatic imine (C=N–C) groups is 1. The highest BCUT2D eigenvalue weighted by Gasteiger charge is 2.22. The molecule has 3 nitrogen and oxygen atoms in total. The van der Waals surface area contributed by atoms with E-state index in [2.05, 4.69) is 4.99 Å². The molecule has 0 radical (unpaired) electrons. The van der Waals surface area contributed by atoms with Crippen LogP contribution < -0.4 is 4.90 Å². The first-order chi connectivity index (χ1) is 9.65. The Morgan fingerprint density at radius 3 is 2.65 bits per heavy atom. The zero-order valence-electron chi connectivity index (χ0n) is 11.0. The van der Waals surface area contributed by atoms with Crippen molar-refractivity contribution in [3.63, 3.8) is 0 Å². The summed E-state index contributed by atoms with van der Waals surface area (Å²) in [6.07, 6.45) is 0.285. The summed E-state index contributed by atoms with van der Waals surface area (Å²) in [5, 5.41) is 0.599. The highest BCUT2D eigenvalue weighted by Crippen LogP contribution is 2.34. The fourth-order valence-corrected chi connectivity index (χ4v) is 2.40. The van der Waals surface area contributed by atoms with E-state index in [1.54, 1.807) is 24.1 Å². The first-order valence-electron chi connectivity index (χ1n) is 6.34. The standard InChI is InChI=1S/C16H13ClN2O/c1-19-15-9-12(17)7-8-13(15)18-14(10-16(19)20)11-5-3-2-4-6-11/h2-9H,10H2,1H3. The Labute approximate surface area is 122 Å². The molecular formula is C16H13ClN2O. The molecule has 0 unspecified atom stereocenters. The van der Waals surface area contributed by atoms with E-state index < -0.39 is 0 Å². The van der Waals surface area contributed by atoms with Gasteiger partial charge >= 0.3 is 0 Å². The van der Waals surface area contributed by atoms with Gasteiger partial charge in [-0.3, -0.25) is 9.79 Å². The molecule has 1 heterocycles. The number of fused-ring (bicyclic) bond motifs is 1. The topological polar surface area (TPSA) is 32.7 Å². The van der Waals surface area contributed by atoms with Crippen molar-refractivity contribution >= 4 is 34.6 Å². The van der Waals surface area contributed by atoms with Crippen LogP contribution in [-0.4, -0.2) is 18.7 Å². The van der Waals surface area contributed by atoms with Gasteiger partial charge in [-0.1, -0.05) is 41.9 Å². The van der Waals surface area contributed by atoms with Crippen LogP contribution in [-0.2, 0) is 4.79 Å². The van der Waals surface area contributed by atoms with Crippen LogP contribution in [0.15, 0.2) is 53.5 Å². The highest BCUT2D eigenvalue weighted by molar-refractivity contribution is 6.31. The average molecular weight is 285 g/mol. The highest BCUT2D eigenvalue weighted by atomic mass is 35.5. The number of anilines is 1. The summed E-state index contributed by atoms with van der Waals surface area (Å²) in [5.74, 6) is 0.00798. The van der Waals surface area contributed by atoms with E-state index in [1.165, 1.54) is 0 Å². The van der Waals surface area contributed by atoms with E-state index in [-0.39, 0.29) is 12.3 Å². The van der Waals surface area contributed by atoms with Gasteiger partial charge in [0.2, 0.25) is 5.91 Å². The second kappa shape index (κ2) is 5.10. The van der Waals surface area contributed by atoms with E-state index in [4.69, 9.17) is 11.6 Å². The molecule has 1 amide bonds. The molecule has 1 aliphatic heterocycles. The summed E-state index contributed by atoms with van der Waals surface area (Å²) in [5.41, 5.74) is 3.26. The SMILES string of the molecule is CN1C(=O)CC(c2ccccc2)=Nc2ccc(Cl)cc21. The van der Waals surface area contributed by atoms with Gasteiger partial charge in [0, 0.05) is 12.1 Å². The molecule has 0 bridgehead atoms. The maximum atomic E-state index is 12.3. The average Bonchev–Trinajstić information content (AvgIpc) is 2.59. The molecule has 2 aromatic rings. The number of rotatable bonds is 1. The third kappa shape index (κ3) is 2.32. The maximum absolute atomic E-state index is 12.3. The van der Waals surface area contributed by atoms with Crippen LogP contribution in [0.2, 0.25) is 5.02 Å². The van der Waals surface area contributed by atoms with Crippen molar-refractivity contribution in [3.05, 3.63) is 59.1 Å². The van der Waals surface area contributed by atoms with E-state index in [1.807, 2.05) is 36.4 Å². The van der Waals surface area contributed by atoms with Crippen molar-refractivity contribution in [1.29, 1.82) is 0 Å². The first-order valence-corrected chi connectivity index (χ1v) is 6.72. The van der Waals surface area contributed by atoms with Gasteiger partial charge in [-0.2, -0.15) is 0 Å². The van der Waals surface area contributed by atoms with Crippen molar-refractivity contribution in [2.45, 2.75) is 6.42 Å². The summed E-state index contributed by atoms with van der Waals surface area (Å²) in [6, 6.07) is 15.2. The van der Waals surface area contributed by atoms with Gasteiger partial charge in [0.1, 0.15) is 0 Å². The normalized spacial score (nSPS) is 14.6. The minimum absolute atomic E-state index is 0.00798. The summed E-state index contributed by atoms with van der Waals surface area (Å²) in [4.78, 5) is 18.5. The summed E-state index contributed by atoms with van der Waals surface area (Å²) < 4.78 is 0. The molecule has 0 atom stereocenters. The molecule has 100 valence electrons. The van der Waals surface area contributed by atoms with Gasteiger partial charge in [-0.25, -0.2) is 0 Å². The molecule has 0 aliphatic carbocycles. The lowest BCUT2D eigenvalue weighted by molar-refractivity contribution is -0.117. The largest absolute Gasteiger partial charge is 0.313 e. The smallest absolute Gasteiger partial charge is 0.232 e. The van der Waals surface area contributed by atoms with Crippen LogP contribution >= 0.6 is 11.6 Å². The number of carbonyl (C=O) groups is 1. The van der Waals surface area contributed by atoms with E-state index in [0.717, 1.165) is 22.6 Å². The van der Waals surface area contributed by atoms with Gasteiger partial charge < -0.3 is 4.90 Å². The quantitative estimate of drug-likeness (QED) is 0.783. The second-order valence-electron chi connectivity index (χ2n) is 4.69. The molecule has 4 heteroatoms. The molecular weight excluding hydrogens is 272 g/mol. The number of hydrogen-bond acceptors (Lipinski definition) is 2. The monoisotopic (exact) mass is 284 g/mol. The van der Waals surface area contributed by atoms with E-state index in [0.29, 0.717) is 5.02 Å². The zero-order valence-corrected chi connectivity index (χ0v) is 11.8. The summed E-state index contributed by atoms with van der Waals surface area (Å²) in [7, 11) is 1.75. The number of hydrogen-bond donors (Lipinski definition) is 0. The molecule has 0 aromatic heterocycles. The van der Waals surface area contributed by atoms with E-state index in [9.17, 15) is 4.79 Å². The molecule has 2 aromatic carbocycles. The fraction of sp³-hybridized carbons (Fsp3) is 0.125. The predicted molar refractivity (Wildman–Crippen MR) is 82.1 cm³/mol. The molecule has 0 spiro atoms. The fourth-order valence-electron chi connectivity index (χ4n) is 2.24. The lowest BCUT2D eigenvalue weighted by atomic mass is 10.1. The second-order valence-corrected chi connectivity index (χ2v) is 5.12. The molecule has 0 N–H and O–H groups in total. The number of amides is 1. The minimum Gasteiger partial charge on any atom is -0.313 e. The summed E-state index contributed by atoms with van der Waals surface area (Å²) >= 11 is 6.01. The van der Waals surface area contributed by atoms with Gasteiger partial charge in [0.05, 0.1) is 23.5 Å². The van der Waals surface area contributed by atoms with Gasteiger partial charge in [0.25, 0.3) is 0 Å². The molecule has 20 heavy (non-hydrogen) atoms. The van der Waals surface area contributed by atoms with Crippen molar-refractivity contribution < 1.29 is 4.79 Å². The van der Waals surface area contributed by atoms with Crippen LogP contribution in [0.5, 0.6) is 0 Å². The lowest BCUT2D eigenvalue weighted by Gasteiger charge is -2.16. The maximum Gasteiger partial charge on any atom is 0.232 e. The van der Waals surface area contributed by atoms with Crippen LogP contribution in [0.25, 0.3) is 0 Å². The van der Waals surface area contributed by atoms with Crippen LogP contribution in [0, 0.1) is 0 Å². The van der Waals surface area contributed by atoms with Crippen molar-refractivity contribution in [2.24, 2.45) is 4.99 Å². The Hall–Kier alpha value is -2.13. The van der Waals surface area contributed by atoms with E-state index >= 15 is 0 Å². The number of carbonyl (C=O) groups excluding carboxylic acids is 1.